The van der Waals surface area contributed by atoms with Crippen LogP contribution in [0.3, 0.4) is 0 Å². The third-order valence-electron chi connectivity index (χ3n) is 2.72. The van der Waals surface area contributed by atoms with Gasteiger partial charge < -0.3 is 5.11 Å². The van der Waals surface area contributed by atoms with Crippen molar-refractivity contribution >= 4 is 10.0 Å². The number of aliphatic hydroxyl groups is 1. The van der Waals surface area contributed by atoms with Gasteiger partial charge in [-0.3, -0.25) is 0 Å². The third kappa shape index (κ3) is 2.57. The molecule has 17 heavy (non-hydrogen) atoms. The largest absolute Gasteiger partial charge is 0.388 e. The van der Waals surface area contributed by atoms with E-state index in [1.54, 1.807) is 36.4 Å². The Hall–Kier alpha value is -1.17. The Morgan fingerprint density at radius 3 is 2.53 bits per heavy atom. The minimum absolute atomic E-state index is 0.118. The average Bonchev–Trinajstić information content (AvgIpc) is 2.29. The van der Waals surface area contributed by atoms with Crippen molar-refractivity contribution in [3.63, 3.8) is 0 Å². The second-order valence-corrected chi connectivity index (χ2v) is 6.07. The number of hydrogen-bond donors (Lipinski definition) is 1. The van der Waals surface area contributed by atoms with Gasteiger partial charge in [0, 0.05) is 13.1 Å². The van der Waals surface area contributed by atoms with Gasteiger partial charge >= 0.3 is 0 Å². The summed E-state index contributed by atoms with van der Waals surface area (Å²) in [5.41, 5.74) is 1.02. The Morgan fingerprint density at radius 1 is 1.29 bits per heavy atom. The Kier molecular flexibility index (Phi) is 3.33. The van der Waals surface area contributed by atoms with E-state index in [-0.39, 0.29) is 11.4 Å². The third-order valence-corrected chi connectivity index (χ3v) is 4.56. The zero-order chi connectivity index (χ0) is 12.5. The topological polar surface area (TPSA) is 57.6 Å². The van der Waals surface area contributed by atoms with E-state index in [4.69, 9.17) is 0 Å². The molecule has 0 aromatic heterocycles. The molecule has 1 aliphatic heterocycles. The lowest BCUT2D eigenvalue weighted by Gasteiger charge is -2.25. The summed E-state index contributed by atoms with van der Waals surface area (Å²) in [5, 5.41) is 9.44. The van der Waals surface area contributed by atoms with Crippen LogP contribution in [0, 0.1) is 6.92 Å². The normalized spacial score (nSPS) is 21.6. The second-order valence-electron chi connectivity index (χ2n) is 4.13. The first kappa shape index (κ1) is 12.3. The van der Waals surface area contributed by atoms with Gasteiger partial charge in [-0.15, -0.1) is 0 Å². The van der Waals surface area contributed by atoms with E-state index in [1.807, 2.05) is 6.92 Å². The molecular weight excluding hydrogens is 238 g/mol. The highest BCUT2D eigenvalue weighted by Crippen LogP contribution is 2.18. The van der Waals surface area contributed by atoms with Gasteiger partial charge in [-0.1, -0.05) is 29.8 Å². The number of β-amino-alcohol motifs (C(OH)–C–C–N with tert-alkyl or cyclic N) is 1. The quantitative estimate of drug-likeness (QED) is 0.797. The summed E-state index contributed by atoms with van der Waals surface area (Å²) in [5.74, 6) is 0. The molecule has 92 valence electrons. The first-order chi connectivity index (χ1) is 8.00. The van der Waals surface area contributed by atoms with Gasteiger partial charge in [0.05, 0.1) is 11.0 Å². The van der Waals surface area contributed by atoms with Gasteiger partial charge in [0.1, 0.15) is 0 Å². The first-order valence-electron chi connectivity index (χ1n) is 5.42. The van der Waals surface area contributed by atoms with Crippen LogP contribution in [-0.2, 0) is 10.0 Å². The maximum atomic E-state index is 12.2. The van der Waals surface area contributed by atoms with Crippen molar-refractivity contribution in [2.75, 3.05) is 13.1 Å². The Labute approximate surface area is 101 Å². The minimum atomic E-state index is -3.49. The van der Waals surface area contributed by atoms with E-state index in [0.29, 0.717) is 6.54 Å². The molecule has 1 atom stereocenters. The van der Waals surface area contributed by atoms with Gasteiger partial charge in [0.15, 0.2) is 0 Å². The summed E-state index contributed by atoms with van der Waals surface area (Å²) in [4.78, 5) is 0.269. The number of nitrogens with zero attached hydrogens (tertiary/aromatic N) is 1. The van der Waals surface area contributed by atoms with Crippen LogP contribution in [0.4, 0.5) is 0 Å². The fourth-order valence-electron chi connectivity index (χ4n) is 1.74. The molecule has 5 heteroatoms. The van der Waals surface area contributed by atoms with Crippen molar-refractivity contribution in [1.29, 1.82) is 0 Å². The monoisotopic (exact) mass is 253 g/mol. The van der Waals surface area contributed by atoms with Crippen molar-refractivity contribution < 1.29 is 13.5 Å². The lowest BCUT2D eigenvalue weighted by atomic mass is 10.2. The highest BCUT2D eigenvalue weighted by molar-refractivity contribution is 7.89. The Bertz CT molecular complexity index is 519. The number of hydrogen-bond acceptors (Lipinski definition) is 3. The van der Waals surface area contributed by atoms with Crippen LogP contribution in [0.2, 0.25) is 0 Å². The van der Waals surface area contributed by atoms with E-state index in [1.165, 1.54) is 4.31 Å². The fourth-order valence-corrected chi connectivity index (χ4v) is 3.14. The summed E-state index contributed by atoms with van der Waals surface area (Å²) in [7, 11) is -3.49. The Balaban J connectivity index is 2.30. The number of rotatable bonds is 2. The van der Waals surface area contributed by atoms with E-state index in [2.05, 4.69) is 0 Å². The van der Waals surface area contributed by atoms with Crippen molar-refractivity contribution in [3.05, 3.63) is 42.0 Å². The van der Waals surface area contributed by atoms with Crippen molar-refractivity contribution in [2.24, 2.45) is 0 Å². The average molecular weight is 253 g/mol. The molecule has 1 heterocycles. The summed E-state index contributed by atoms with van der Waals surface area (Å²) >= 11 is 0. The smallest absolute Gasteiger partial charge is 0.243 e. The van der Waals surface area contributed by atoms with Gasteiger partial charge in [-0.05, 0) is 19.1 Å². The fraction of sp³-hybridized carbons (Fsp3) is 0.333. The van der Waals surface area contributed by atoms with Crippen LogP contribution < -0.4 is 0 Å². The van der Waals surface area contributed by atoms with E-state index in [0.717, 1.165) is 5.56 Å². The van der Waals surface area contributed by atoms with E-state index in [9.17, 15) is 13.5 Å². The summed E-state index contributed by atoms with van der Waals surface area (Å²) in [6, 6.07) is 6.72. The molecule has 0 amide bonds. The van der Waals surface area contributed by atoms with Gasteiger partial charge in [-0.25, -0.2) is 8.42 Å². The minimum Gasteiger partial charge on any atom is -0.388 e. The number of benzene rings is 1. The lowest BCUT2D eigenvalue weighted by Crippen LogP contribution is -2.39. The zero-order valence-electron chi connectivity index (χ0n) is 9.57. The first-order valence-corrected chi connectivity index (χ1v) is 6.86. The second kappa shape index (κ2) is 4.60. The molecule has 0 fully saturated rings. The van der Waals surface area contributed by atoms with Crippen LogP contribution in [0.25, 0.3) is 0 Å². The van der Waals surface area contributed by atoms with Crippen LogP contribution in [0.1, 0.15) is 5.56 Å². The van der Waals surface area contributed by atoms with E-state index >= 15 is 0 Å². The lowest BCUT2D eigenvalue weighted by molar-refractivity contribution is 0.184. The maximum absolute atomic E-state index is 12.2. The molecule has 0 radical (unpaired) electrons. The predicted molar refractivity (Wildman–Crippen MR) is 65.1 cm³/mol. The predicted octanol–water partition coefficient (Wildman–Crippen LogP) is 0.916. The number of aliphatic hydroxyl groups excluding tert-OH is 1. The number of aryl methyl sites for hydroxylation is 1. The summed E-state index contributed by atoms with van der Waals surface area (Å²) in [6.45, 7) is 2.34. The molecule has 1 aromatic carbocycles. The maximum Gasteiger partial charge on any atom is 0.243 e. The van der Waals surface area contributed by atoms with Crippen LogP contribution >= 0.6 is 0 Å². The summed E-state index contributed by atoms with van der Waals surface area (Å²) in [6.07, 6.45) is 2.56. The molecule has 1 aromatic rings. The molecule has 0 unspecified atom stereocenters. The highest BCUT2D eigenvalue weighted by Gasteiger charge is 2.26. The van der Waals surface area contributed by atoms with Gasteiger partial charge in [-0.2, -0.15) is 4.31 Å². The molecule has 4 nitrogen and oxygen atoms in total. The van der Waals surface area contributed by atoms with Crippen molar-refractivity contribution in [1.82, 2.24) is 4.31 Å². The van der Waals surface area contributed by atoms with Gasteiger partial charge in [0.2, 0.25) is 10.0 Å². The standard InChI is InChI=1S/C12H15NO3S/c1-10-4-6-12(7-5-10)17(15,16)13-8-2-3-11(14)9-13/h2-7,11,14H,8-9H2,1H3/t11-/m1/s1. The molecular formula is C12H15NO3S. The van der Waals surface area contributed by atoms with Crippen LogP contribution in [0.15, 0.2) is 41.3 Å². The van der Waals surface area contributed by atoms with Crippen LogP contribution in [-0.4, -0.2) is 37.0 Å². The van der Waals surface area contributed by atoms with Crippen LogP contribution in [0.5, 0.6) is 0 Å². The van der Waals surface area contributed by atoms with E-state index < -0.39 is 16.1 Å². The highest BCUT2D eigenvalue weighted by atomic mass is 32.2. The zero-order valence-corrected chi connectivity index (χ0v) is 10.4. The molecule has 2 rings (SSSR count). The Morgan fingerprint density at radius 2 is 1.94 bits per heavy atom. The molecule has 0 saturated carbocycles. The summed E-state index contributed by atoms with van der Waals surface area (Å²) < 4.78 is 25.7. The molecule has 1 N–H and O–H groups in total. The SMILES string of the molecule is Cc1ccc(S(=O)(=O)N2CC=C[C@@H](O)C2)cc1. The van der Waals surface area contributed by atoms with Crippen molar-refractivity contribution in [3.8, 4) is 0 Å². The number of sulfonamides is 1. The van der Waals surface area contributed by atoms with Crippen molar-refractivity contribution in [2.45, 2.75) is 17.9 Å². The molecule has 1 aliphatic rings. The molecule has 0 spiro atoms. The molecule has 0 bridgehead atoms. The molecule has 0 saturated heterocycles. The molecule has 0 aliphatic carbocycles. The van der Waals surface area contributed by atoms with Gasteiger partial charge in [0.25, 0.3) is 0 Å².